The van der Waals surface area contributed by atoms with Crippen LogP contribution < -0.4 is 10.0 Å². The minimum Gasteiger partial charge on any atom is -0.347 e. The standard InChI is InChI=1S/C31H32F2N6O2S/c1-3-38(4-2)16-6-17-39-18-15-23-19-22(9-14-29(23)39)28-20-30(35-21-34-28)36-24-10-12-25(13-11-24)37-42(40,41)31-26(32)7-5-8-27(31)33/h5,7-15,18-21,37H,3-4,6,16-17H2,1-2H3,(H,34,35,36). The fourth-order valence-corrected chi connectivity index (χ4v) is 6.06. The third-order valence-electron chi connectivity index (χ3n) is 7.10. The van der Waals surface area contributed by atoms with Crippen molar-refractivity contribution in [2.24, 2.45) is 0 Å². The van der Waals surface area contributed by atoms with Gasteiger partial charge in [-0.25, -0.2) is 27.2 Å². The predicted octanol–water partition coefficient (Wildman–Crippen LogP) is 6.65. The summed E-state index contributed by atoms with van der Waals surface area (Å²) in [6, 6.07) is 19.4. The van der Waals surface area contributed by atoms with Crippen LogP contribution in [0.4, 0.5) is 26.0 Å². The molecule has 11 heteroatoms. The molecule has 0 radical (unpaired) electrons. The molecule has 0 amide bonds. The van der Waals surface area contributed by atoms with Crippen LogP contribution in [0.3, 0.4) is 0 Å². The van der Waals surface area contributed by atoms with Gasteiger partial charge in [0.2, 0.25) is 0 Å². The first-order valence-corrected chi connectivity index (χ1v) is 15.2. The second-order valence-electron chi connectivity index (χ2n) is 9.81. The number of rotatable bonds is 12. The topological polar surface area (TPSA) is 92.2 Å². The first-order chi connectivity index (χ1) is 20.3. The van der Waals surface area contributed by atoms with E-state index in [1.807, 2.05) is 6.07 Å². The predicted molar refractivity (Wildman–Crippen MR) is 162 cm³/mol. The molecule has 0 aliphatic rings. The highest BCUT2D eigenvalue weighted by Crippen LogP contribution is 2.27. The minimum absolute atomic E-state index is 0.153. The van der Waals surface area contributed by atoms with Gasteiger partial charge in [0.05, 0.1) is 5.69 Å². The smallest absolute Gasteiger partial charge is 0.267 e. The van der Waals surface area contributed by atoms with E-state index in [0.717, 1.165) is 67.4 Å². The van der Waals surface area contributed by atoms with Gasteiger partial charge in [-0.15, -0.1) is 0 Å². The lowest BCUT2D eigenvalue weighted by Crippen LogP contribution is -2.24. The molecule has 0 saturated heterocycles. The number of nitrogens with zero attached hydrogens (tertiary/aromatic N) is 4. The van der Waals surface area contributed by atoms with Gasteiger partial charge < -0.3 is 14.8 Å². The van der Waals surface area contributed by atoms with E-state index in [9.17, 15) is 17.2 Å². The van der Waals surface area contributed by atoms with Crippen LogP contribution in [0.2, 0.25) is 0 Å². The molecule has 5 aromatic rings. The highest BCUT2D eigenvalue weighted by Gasteiger charge is 2.23. The zero-order valence-corrected chi connectivity index (χ0v) is 24.2. The van der Waals surface area contributed by atoms with Crippen LogP contribution in [0.25, 0.3) is 22.2 Å². The van der Waals surface area contributed by atoms with Crippen molar-refractivity contribution >= 4 is 38.1 Å². The summed E-state index contributed by atoms with van der Waals surface area (Å²) < 4.78 is 57.6. The van der Waals surface area contributed by atoms with Crippen LogP contribution >= 0.6 is 0 Å². The van der Waals surface area contributed by atoms with E-state index >= 15 is 0 Å². The van der Waals surface area contributed by atoms with Crippen LogP contribution in [0, 0.1) is 11.6 Å². The molecule has 0 unspecified atom stereocenters. The van der Waals surface area contributed by atoms with Gasteiger partial charge in [0.15, 0.2) is 4.90 Å². The van der Waals surface area contributed by atoms with Gasteiger partial charge in [-0.05, 0) is 80.7 Å². The molecule has 2 N–H and O–H groups in total. The molecule has 0 atom stereocenters. The Morgan fingerprint density at radius 1 is 0.881 bits per heavy atom. The highest BCUT2D eigenvalue weighted by atomic mass is 32.2. The van der Waals surface area contributed by atoms with Crippen molar-refractivity contribution < 1.29 is 17.2 Å². The number of aromatic nitrogens is 3. The average molecular weight is 591 g/mol. The zero-order chi connectivity index (χ0) is 29.7. The van der Waals surface area contributed by atoms with Gasteiger partial charge in [-0.2, -0.15) is 0 Å². The summed E-state index contributed by atoms with van der Waals surface area (Å²) in [5, 5.41) is 4.32. The quantitative estimate of drug-likeness (QED) is 0.169. The van der Waals surface area contributed by atoms with Gasteiger partial charge in [-0.1, -0.05) is 26.0 Å². The van der Waals surface area contributed by atoms with E-state index in [4.69, 9.17) is 0 Å². The van der Waals surface area contributed by atoms with Crippen molar-refractivity contribution in [2.45, 2.75) is 31.7 Å². The number of fused-ring (bicyclic) bond motifs is 1. The molecule has 2 aromatic heterocycles. The Kier molecular flexibility index (Phi) is 8.79. The molecular weight excluding hydrogens is 558 g/mol. The van der Waals surface area contributed by atoms with Crippen LogP contribution in [0.5, 0.6) is 0 Å². The number of anilines is 3. The first-order valence-electron chi connectivity index (χ1n) is 13.7. The Morgan fingerprint density at radius 3 is 2.31 bits per heavy atom. The van der Waals surface area contributed by atoms with E-state index in [1.165, 1.54) is 24.0 Å². The molecule has 3 aromatic carbocycles. The fraction of sp³-hybridized carbons (Fsp3) is 0.226. The van der Waals surface area contributed by atoms with Crippen molar-refractivity contribution in [1.29, 1.82) is 0 Å². The van der Waals surface area contributed by atoms with E-state index in [-0.39, 0.29) is 5.69 Å². The Bertz CT molecular complexity index is 1770. The van der Waals surface area contributed by atoms with Gasteiger partial charge in [0.1, 0.15) is 23.8 Å². The maximum absolute atomic E-state index is 14.0. The van der Waals surface area contributed by atoms with E-state index in [1.54, 1.807) is 12.1 Å². The maximum atomic E-state index is 14.0. The lowest BCUT2D eigenvalue weighted by molar-refractivity contribution is 0.294. The SMILES string of the molecule is CCN(CC)CCCn1ccc2cc(-c3cc(Nc4ccc(NS(=O)(=O)c5c(F)cccc5F)cc4)ncn3)ccc21. The minimum atomic E-state index is -4.45. The molecular formula is C31H32F2N6O2S. The summed E-state index contributed by atoms with van der Waals surface area (Å²) in [6.07, 6.45) is 4.69. The molecule has 0 fully saturated rings. The average Bonchev–Trinajstić information content (AvgIpc) is 3.38. The molecule has 0 spiro atoms. The van der Waals surface area contributed by atoms with Gasteiger partial charge in [-0.3, -0.25) is 4.72 Å². The van der Waals surface area contributed by atoms with Crippen LogP contribution in [-0.2, 0) is 16.6 Å². The summed E-state index contributed by atoms with van der Waals surface area (Å²) in [6.45, 7) is 8.54. The number of aryl methyl sites for hydroxylation is 1. The summed E-state index contributed by atoms with van der Waals surface area (Å²) in [5.41, 5.74) is 3.68. The summed E-state index contributed by atoms with van der Waals surface area (Å²) in [4.78, 5) is 10.2. The molecule has 42 heavy (non-hydrogen) atoms. The summed E-state index contributed by atoms with van der Waals surface area (Å²) >= 11 is 0. The molecule has 0 saturated carbocycles. The molecule has 0 aliphatic heterocycles. The lowest BCUT2D eigenvalue weighted by atomic mass is 10.1. The number of nitrogens with one attached hydrogen (secondary N) is 2. The first kappa shape index (κ1) is 29.2. The van der Waals surface area contributed by atoms with Gasteiger partial charge in [0.25, 0.3) is 10.0 Å². The number of sulfonamides is 1. The fourth-order valence-electron chi connectivity index (χ4n) is 4.86. The lowest BCUT2D eigenvalue weighted by Gasteiger charge is -2.18. The Hall–Kier alpha value is -4.35. The molecule has 8 nitrogen and oxygen atoms in total. The Morgan fingerprint density at radius 2 is 1.60 bits per heavy atom. The number of benzene rings is 3. The summed E-state index contributed by atoms with van der Waals surface area (Å²) in [5.74, 6) is -1.78. The van der Waals surface area contributed by atoms with Crippen molar-refractivity contribution in [3.8, 4) is 11.3 Å². The molecule has 2 heterocycles. The van der Waals surface area contributed by atoms with Gasteiger partial charge in [0, 0.05) is 46.6 Å². The highest BCUT2D eigenvalue weighted by molar-refractivity contribution is 7.92. The molecule has 5 rings (SSSR count). The third kappa shape index (κ3) is 6.58. The van der Waals surface area contributed by atoms with Crippen LogP contribution in [0.1, 0.15) is 20.3 Å². The van der Waals surface area contributed by atoms with Crippen molar-refractivity contribution in [1.82, 2.24) is 19.4 Å². The van der Waals surface area contributed by atoms with E-state index in [0.29, 0.717) is 11.5 Å². The number of hydrogen-bond donors (Lipinski definition) is 2. The molecule has 0 aliphatic carbocycles. The number of halogens is 2. The van der Waals surface area contributed by atoms with Crippen LogP contribution in [-0.4, -0.2) is 47.5 Å². The Balaban J connectivity index is 1.26. The largest absolute Gasteiger partial charge is 0.347 e. The van der Waals surface area contributed by atoms with Crippen molar-refractivity contribution in [3.63, 3.8) is 0 Å². The van der Waals surface area contributed by atoms with Gasteiger partial charge >= 0.3 is 0 Å². The third-order valence-corrected chi connectivity index (χ3v) is 8.53. The molecule has 218 valence electrons. The number of hydrogen-bond acceptors (Lipinski definition) is 6. The normalized spacial score (nSPS) is 11.7. The van der Waals surface area contributed by atoms with Crippen molar-refractivity contribution in [2.75, 3.05) is 29.7 Å². The second-order valence-corrected chi connectivity index (χ2v) is 11.4. The van der Waals surface area contributed by atoms with E-state index in [2.05, 4.69) is 73.8 Å². The van der Waals surface area contributed by atoms with E-state index < -0.39 is 26.6 Å². The maximum Gasteiger partial charge on any atom is 0.267 e. The summed E-state index contributed by atoms with van der Waals surface area (Å²) in [7, 11) is -4.45. The monoisotopic (exact) mass is 590 g/mol. The Labute approximate surface area is 244 Å². The molecule has 0 bridgehead atoms. The second kappa shape index (κ2) is 12.7. The zero-order valence-electron chi connectivity index (χ0n) is 23.4. The van der Waals surface area contributed by atoms with Crippen molar-refractivity contribution in [3.05, 3.63) is 97.0 Å². The van der Waals surface area contributed by atoms with Crippen LogP contribution in [0.15, 0.2) is 90.2 Å².